The van der Waals surface area contributed by atoms with Crippen LogP contribution in [0.25, 0.3) is 11.1 Å². The van der Waals surface area contributed by atoms with E-state index in [9.17, 15) is 24.3 Å². The van der Waals surface area contributed by atoms with E-state index in [1.165, 1.54) is 4.90 Å². The molecular formula is C37H45N3O7. The van der Waals surface area contributed by atoms with Crippen LogP contribution in [-0.2, 0) is 25.5 Å². The third-order valence-corrected chi connectivity index (χ3v) is 7.90. The third kappa shape index (κ3) is 10.9. The molecule has 0 fully saturated rings. The van der Waals surface area contributed by atoms with E-state index in [0.29, 0.717) is 32.2 Å². The van der Waals surface area contributed by atoms with Crippen LogP contribution in [-0.4, -0.2) is 72.0 Å². The molecule has 47 heavy (non-hydrogen) atoms. The number of unbranched alkanes of at least 4 members (excludes halogenated alkanes) is 1. The van der Waals surface area contributed by atoms with Crippen LogP contribution < -0.4 is 10.6 Å². The minimum Gasteiger partial charge on any atom is -0.480 e. The van der Waals surface area contributed by atoms with Crippen LogP contribution in [0.4, 0.5) is 9.59 Å². The van der Waals surface area contributed by atoms with Gasteiger partial charge in [-0.3, -0.25) is 9.59 Å². The van der Waals surface area contributed by atoms with Crippen molar-refractivity contribution in [3.63, 3.8) is 0 Å². The van der Waals surface area contributed by atoms with Crippen LogP contribution in [0.1, 0.15) is 69.1 Å². The molecule has 10 nitrogen and oxygen atoms in total. The number of ether oxygens (including phenoxy) is 2. The summed E-state index contributed by atoms with van der Waals surface area (Å²) in [6, 6.07) is 25.1. The second-order valence-corrected chi connectivity index (χ2v) is 12.7. The Morgan fingerprint density at radius 3 is 2.09 bits per heavy atom. The quantitative estimate of drug-likeness (QED) is 0.170. The average Bonchev–Trinajstić information content (AvgIpc) is 3.35. The van der Waals surface area contributed by atoms with Gasteiger partial charge in [0.05, 0.1) is 0 Å². The van der Waals surface area contributed by atoms with Crippen LogP contribution >= 0.6 is 0 Å². The van der Waals surface area contributed by atoms with Crippen molar-refractivity contribution in [2.75, 3.05) is 26.2 Å². The maximum atomic E-state index is 13.2. The molecule has 1 aliphatic rings. The van der Waals surface area contributed by atoms with Crippen LogP contribution in [0.15, 0.2) is 78.9 Å². The fourth-order valence-corrected chi connectivity index (χ4v) is 5.77. The fourth-order valence-electron chi connectivity index (χ4n) is 5.77. The summed E-state index contributed by atoms with van der Waals surface area (Å²) in [6.07, 6.45) is 1.05. The van der Waals surface area contributed by atoms with E-state index < -0.39 is 36.3 Å². The first-order valence-electron chi connectivity index (χ1n) is 16.1. The van der Waals surface area contributed by atoms with Crippen molar-refractivity contribution < 1.29 is 33.8 Å². The van der Waals surface area contributed by atoms with E-state index in [4.69, 9.17) is 9.47 Å². The molecule has 3 aromatic carbocycles. The summed E-state index contributed by atoms with van der Waals surface area (Å²) in [6.45, 7) is 5.37. The molecular weight excluding hydrogens is 598 g/mol. The lowest BCUT2D eigenvalue weighted by Gasteiger charge is -2.27. The number of amides is 3. The van der Waals surface area contributed by atoms with Gasteiger partial charge in [0.2, 0.25) is 5.91 Å². The van der Waals surface area contributed by atoms with Gasteiger partial charge in [0.15, 0.2) is 0 Å². The van der Waals surface area contributed by atoms with Gasteiger partial charge in [-0.1, -0.05) is 78.9 Å². The molecule has 0 bridgehead atoms. The highest BCUT2D eigenvalue weighted by Gasteiger charge is 2.30. The monoisotopic (exact) mass is 643 g/mol. The summed E-state index contributed by atoms with van der Waals surface area (Å²) in [7, 11) is 0. The van der Waals surface area contributed by atoms with Gasteiger partial charge in [0.25, 0.3) is 0 Å². The lowest BCUT2D eigenvalue weighted by Crippen LogP contribution is -2.47. The number of carbonyl (C=O) groups excluding carboxylic acids is 3. The van der Waals surface area contributed by atoms with Crippen molar-refractivity contribution in [3.8, 4) is 11.1 Å². The second kappa shape index (κ2) is 16.6. The predicted molar refractivity (Wildman–Crippen MR) is 179 cm³/mol. The van der Waals surface area contributed by atoms with Gasteiger partial charge in [-0.2, -0.15) is 0 Å². The molecule has 0 saturated heterocycles. The van der Waals surface area contributed by atoms with Gasteiger partial charge in [0.1, 0.15) is 18.8 Å². The molecule has 3 N–H and O–H groups in total. The minimum absolute atomic E-state index is 0.00358. The van der Waals surface area contributed by atoms with Crippen LogP contribution in [0.3, 0.4) is 0 Å². The van der Waals surface area contributed by atoms with Gasteiger partial charge >= 0.3 is 18.2 Å². The molecule has 10 heteroatoms. The van der Waals surface area contributed by atoms with E-state index in [0.717, 1.165) is 27.8 Å². The fraction of sp³-hybridized carbons (Fsp3) is 0.405. The zero-order chi connectivity index (χ0) is 33.8. The summed E-state index contributed by atoms with van der Waals surface area (Å²) in [5, 5.41) is 15.2. The Balaban J connectivity index is 1.39. The highest BCUT2D eigenvalue weighted by Crippen LogP contribution is 2.44. The number of hydrogen-bond donors (Lipinski definition) is 3. The third-order valence-electron chi connectivity index (χ3n) is 7.90. The van der Waals surface area contributed by atoms with Gasteiger partial charge in [-0.15, -0.1) is 0 Å². The summed E-state index contributed by atoms with van der Waals surface area (Å²) >= 11 is 0. The number of aliphatic carboxylic acids is 1. The SMILES string of the molecule is CC(C)(C)OC(=O)NCCCC[C@@H](CN(CC(=O)O)C(=O)CCc1ccccc1)NC(=O)OCC1c2ccccc2-c2ccccc21. The highest BCUT2D eigenvalue weighted by molar-refractivity contribution is 5.82. The Bertz CT molecular complexity index is 1470. The molecule has 0 aliphatic heterocycles. The summed E-state index contributed by atoms with van der Waals surface area (Å²) in [5.41, 5.74) is 4.78. The summed E-state index contributed by atoms with van der Waals surface area (Å²) in [4.78, 5) is 51.5. The van der Waals surface area contributed by atoms with Gasteiger partial charge in [-0.05, 0) is 74.3 Å². The molecule has 0 aromatic heterocycles. The van der Waals surface area contributed by atoms with Crippen molar-refractivity contribution in [2.24, 2.45) is 0 Å². The lowest BCUT2D eigenvalue weighted by molar-refractivity contribution is -0.144. The molecule has 0 heterocycles. The molecule has 0 spiro atoms. The molecule has 3 amide bonds. The molecule has 250 valence electrons. The second-order valence-electron chi connectivity index (χ2n) is 12.7. The van der Waals surface area contributed by atoms with Gasteiger partial charge in [-0.25, -0.2) is 9.59 Å². The first-order chi connectivity index (χ1) is 22.5. The zero-order valence-corrected chi connectivity index (χ0v) is 27.4. The Morgan fingerprint density at radius 1 is 0.851 bits per heavy atom. The van der Waals surface area contributed by atoms with E-state index in [-0.39, 0.29) is 31.4 Å². The topological polar surface area (TPSA) is 134 Å². The average molecular weight is 644 g/mol. The van der Waals surface area contributed by atoms with E-state index in [1.807, 2.05) is 66.7 Å². The standard InChI is InChI=1S/C37H45N3O7/c1-37(2,3)47-35(44)38-22-12-11-15-27(23-40(24-34(42)43)33(41)21-20-26-13-5-4-6-14-26)39-36(45)46-25-32-30-18-9-7-16-28(30)29-17-8-10-19-31(29)32/h4-10,13-14,16-19,27,32H,11-12,15,20-25H2,1-3H3,(H,38,44)(H,39,45)(H,42,43)/t27-/m0/s1. The number of carboxylic acids is 1. The highest BCUT2D eigenvalue weighted by atomic mass is 16.6. The number of rotatable bonds is 15. The molecule has 3 aromatic rings. The smallest absolute Gasteiger partial charge is 0.407 e. The minimum atomic E-state index is -1.14. The molecule has 0 saturated carbocycles. The van der Waals surface area contributed by atoms with Crippen molar-refractivity contribution in [3.05, 3.63) is 95.6 Å². The van der Waals surface area contributed by atoms with E-state index in [2.05, 4.69) is 22.8 Å². The molecule has 0 radical (unpaired) electrons. The number of aryl methyl sites for hydroxylation is 1. The van der Waals surface area contributed by atoms with E-state index >= 15 is 0 Å². The molecule has 1 atom stereocenters. The normalized spacial score (nSPS) is 12.7. The van der Waals surface area contributed by atoms with Crippen molar-refractivity contribution >= 4 is 24.1 Å². The molecule has 4 rings (SSSR count). The predicted octanol–water partition coefficient (Wildman–Crippen LogP) is 6.13. The van der Waals surface area contributed by atoms with Gasteiger partial charge in [0, 0.05) is 31.5 Å². The van der Waals surface area contributed by atoms with E-state index in [1.54, 1.807) is 20.8 Å². The first kappa shape index (κ1) is 35.0. The number of alkyl carbamates (subject to hydrolysis) is 2. The van der Waals surface area contributed by atoms with Crippen molar-refractivity contribution in [2.45, 2.75) is 70.4 Å². The number of benzene rings is 3. The first-order valence-corrected chi connectivity index (χ1v) is 16.1. The van der Waals surface area contributed by atoms with Crippen molar-refractivity contribution in [1.82, 2.24) is 15.5 Å². The molecule has 0 unspecified atom stereocenters. The van der Waals surface area contributed by atoms with Crippen molar-refractivity contribution in [1.29, 1.82) is 0 Å². The Hall–Kier alpha value is -4.86. The zero-order valence-electron chi connectivity index (χ0n) is 27.4. The Labute approximate surface area is 276 Å². The van der Waals surface area contributed by atoms with Crippen LogP contribution in [0, 0.1) is 0 Å². The maximum Gasteiger partial charge on any atom is 0.407 e. The number of fused-ring (bicyclic) bond motifs is 3. The number of carbonyl (C=O) groups is 4. The van der Waals surface area contributed by atoms with Crippen LogP contribution in [0.5, 0.6) is 0 Å². The maximum absolute atomic E-state index is 13.2. The lowest BCUT2D eigenvalue weighted by atomic mass is 9.98. The number of hydrogen-bond acceptors (Lipinski definition) is 6. The number of nitrogens with zero attached hydrogens (tertiary/aromatic N) is 1. The van der Waals surface area contributed by atoms with Gasteiger partial charge < -0.3 is 30.1 Å². The Kier molecular flexibility index (Phi) is 12.4. The van der Waals surface area contributed by atoms with Crippen LogP contribution in [0.2, 0.25) is 0 Å². The molecule has 1 aliphatic carbocycles. The number of nitrogens with one attached hydrogen (secondary N) is 2. The Morgan fingerprint density at radius 2 is 1.47 bits per heavy atom. The number of carboxylic acid groups (broad SMARTS) is 1. The summed E-state index contributed by atoms with van der Waals surface area (Å²) in [5.74, 6) is -1.57. The largest absolute Gasteiger partial charge is 0.480 e. The summed E-state index contributed by atoms with van der Waals surface area (Å²) < 4.78 is 11.0.